The lowest BCUT2D eigenvalue weighted by atomic mass is 9.86. The van der Waals surface area contributed by atoms with Gasteiger partial charge in [-0.15, -0.1) is 0 Å². The average molecular weight is 307 g/mol. The van der Waals surface area contributed by atoms with Crippen molar-refractivity contribution < 1.29 is 13.9 Å². The molecule has 1 aromatic rings. The molecule has 2 saturated heterocycles. The molecule has 2 atom stereocenters. The minimum atomic E-state index is -0.208. The molecule has 3 rings (SSSR count). The fourth-order valence-corrected chi connectivity index (χ4v) is 3.61. The number of carbonyl (C=O) groups is 1. The molecule has 0 aromatic carbocycles. The normalized spacial score (nSPS) is 27.3. The molecule has 0 aliphatic carbocycles. The second kappa shape index (κ2) is 6.79. The number of primary amides is 1. The van der Waals surface area contributed by atoms with Crippen molar-refractivity contribution in [1.82, 2.24) is 9.88 Å². The summed E-state index contributed by atoms with van der Waals surface area (Å²) in [7, 11) is 0. The minimum Gasteiger partial charge on any atom is -0.445 e. The number of hydrogen-bond acceptors (Lipinski definition) is 5. The van der Waals surface area contributed by atoms with Crippen molar-refractivity contribution in [1.29, 1.82) is 0 Å². The first-order valence-corrected chi connectivity index (χ1v) is 8.16. The topological polar surface area (TPSA) is 81.6 Å². The summed E-state index contributed by atoms with van der Waals surface area (Å²) in [6, 6.07) is 0. The smallest absolute Gasteiger partial charge is 0.223 e. The van der Waals surface area contributed by atoms with Gasteiger partial charge in [0.25, 0.3) is 0 Å². The van der Waals surface area contributed by atoms with Gasteiger partial charge in [0.05, 0.1) is 24.8 Å². The Labute approximate surface area is 131 Å². The Kier molecular flexibility index (Phi) is 4.78. The molecule has 0 unspecified atom stereocenters. The van der Waals surface area contributed by atoms with Crippen LogP contribution in [0.2, 0.25) is 0 Å². The average Bonchev–Trinajstić information content (AvgIpc) is 3.10. The van der Waals surface area contributed by atoms with Crippen LogP contribution in [0.5, 0.6) is 0 Å². The summed E-state index contributed by atoms with van der Waals surface area (Å²) in [4.78, 5) is 18.0. The number of rotatable bonds is 5. The molecule has 1 amide bonds. The van der Waals surface area contributed by atoms with Crippen molar-refractivity contribution >= 4 is 5.91 Å². The SMILES string of the molecule is Cc1ncc(CN2CCC(C[C@H]3OCC[C@H]3C(N)=O)CC2)o1. The predicted octanol–water partition coefficient (Wildman–Crippen LogP) is 1.48. The summed E-state index contributed by atoms with van der Waals surface area (Å²) in [6.45, 7) is 5.47. The zero-order chi connectivity index (χ0) is 15.5. The van der Waals surface area contributed by atoms with Crippen LogP contribution in [0.3, 0.4) is 0 Å². The molecule has 0 saturated carbocycles. The van der Waals surface area contributed by atoms with Crippen LogP contribution in [-0.2, 0) is 16.1 Å². The Morgan fingerprint density at radius 2 is 2.18 bits per heavy atom. The van der Waals surface area contributed by atoms with E-state index in [4.69, 9.17) is 14.9 Å². The van der Waals surface area contributed by atoms with Crippen molar-refractivity contribution in [2.45, 2.75) is 45.3 Å². The first-order valence-electron chi connectivity index (χ1n) is 8.16. The van der Waals surface area contributed by atoms with Gasteiger partial charge in [-0.05, 0) is 44.7 Å². The number of hydrogen-bond donors (Lipinski definition) is 1. The third-order valence-corrected chi connectivity index (χ3v) is 4.90. The lowest BCUT2D eigenvalue weighted by Crippen LogP contribution is -2.36. The molecule has 22 heavy (non-hydrogen) atoms. The standard InChI is InChI=1S/C16H25N3O3/c1-11-18-9-13(22-11)10-19-5-2-12(3-6-19)8-15-14(16(17)20)4-7-21-15/h9,12,14-15H,2-8,10H2,1H3,(H2,17,20)/t14-,15-/m1/s1. The largest absolute Gasteiger partial charge is 0.445 e. The Morgan fingerprint density at radius 1 is 1.41 bits per heavy atom. The molecule has 0 spiro atoms. The van der Waals surface area contributed by atoms with Gasteiger partial charge < -0.3 is 14.9 Å². The number of ether oxygens (including phenoxy) is 1. The predicted molar refractivity (Wildman–Crippen MR) is 80.9 cm³/mol. The number of aryl methyl sites for hydroxylation is 1. The Bertz CT molecular complexity index is 508. The van der Waals surface area contributed by atoms with Crippen LogP contribution < -0.4 is 5.73 Å². The van der Waals surface area contributed by atoms with Crippen LogP contribution in [0.25, 0.3) is 0 Å². The van der Waals surface area contributed by atoms with E-state index in [1.165, 1.54) is 0 Å². The van der Waals surface area contributed by atoms with Gasteiger partial charge in [-0.3, -0.25) is 9.69 Å². The molecule has 2 N–H and O–H groups in total. The maximum atomic E-state index is 11.4. The van der Waals surface area contributed by atoms with Crippen LogP contribution >= 0.6 is 0 Å². The first-order chi connectivity index (χ1) is 10.6. The van der Waals surface area contributed by atoms with E-state index in [2.05, 4.69) is 9.88 Å². The number of likely N-dealkylation sites (tertiary alicyclic amines) is 1. The van der Waals surface area contributed by atoms with Gasteiger partial charge in [0.1, 0.15) is 5.76 Å². The summed E-state index contributed by atoms with van der Waals surface area (Å²) in [5.41, 5.74) is 5.46. The monoisotopic (exact) mass is 307 g/mol. The maximum absolute atomic E-state index is 11.4. The van der Waals surface area contributed by atoms with Crippen LogP contribution in [0.4, 0.5) is 0 Å². The van der Waals surface area contributed by atoms with Gasteiger partial charge in [0.2, 0.25) is 5.91 Å². The Hall–Kier alpha value is -1.40. The number of nitrogens with two attached hydrogens (primary N) is 1. The summed E-state index contributed by atoms with van der Waals surface area (Å²) >= 11 is 0. The summed E-state index contributed by atoms with van der Waals surface area (Å²) < 4.78 is 11.3. The molecule has 2 fully saturated rings. The molecule has 2 aliphatic heterocycles. The second-order valence-electron chi connectivity index (χ2n) is 6.51. The van der Waals surface area contributed by atoms with E-state index in [-0.39, 0.29) is 17.9 Å². The molecule has 0 bridgehead atoms. The fourth-order valence-electron chi connectivity index (χ4n) is 3.61. The van der Waals surface area contributed by atoms with E-state index in [0.29, 0.717) is 12.5 Å². The summed E-state index contributed by atoms with van der Waals surface area (Å²) in [5, 5.41) is 0. The molecular weight excluding hydrogens is 282 g/mol. The minimum absolute atomic E-state index is 0.0333. The lowest BCUT2D eigenvalue weighted by molar-refractivity contribution is -0.123. The van der Waals surface area contributed by atoms with Gasteiger partial charge in [-0.1, -0.05) is 0 Å². The highest BCUT2D eigenvalue weighted by molar-refractivity contribution is 5.77. The van der Waals surface area contributed by atoms with Gasteiger partial charge in [-0.2, -0.15) is 0 Å². The van der Waals surface area contributed by atoms with Crippen LogP contribution in [0.1, 0.15) is 37.3 Å². The first kappa shape index (κ1) is 15.5. The van der Waals surface area contributed by atoms with E-state index in [1.807, 2.05) is 13.1 Å². The van der Waals surface area contributed by atoms with Gasteiger partial charge >= 0.3 is 0 Å². The van der Waals surface area contributed by atoms with Crippen LogP contribution in [0, 0.1) is 18.8 Å². The van der Waals surface area contributed by atoms with Crippen molar-refractivity contribution in [2.75, 3.05) is 19.7 Å². The molecular formula is C16H25N3O3. The highest BCUT2D eigenvalue weighted by atomic mass is 16.5. The van der Waals surface area contributed by atoms with E-state index in [9.17, 15) is 4.79 Å². The van der Waals surface area contributed by atoms with Crippen LogP contribution in [0.15, 0.2) is 10.6 Å². The third kappa shape index (κ3) is 3.67. The lowest BCUT2D eigenvalue weighted by Gasteiger charge is -2.32. The highest BCUT2D eigenvalue weighted by Crippen LogP contribution is 2.31. The highest BCUT2D eigenvalue weighted by Gasteiger charge is 2.35. The van der Waals surface area contributed by atoms with E-state index in [0.717, 1.165) is 57.0 Å². The zero-order valence-electron chi connectivity index (χ0n) is 13.2. The number of carbonyl (C=O) groups excluding carboxylic acids is 1. The summed E-state index contributed by atoms with van der Waals surface area (Å²) in [5.74, 6) is 1.98. The number of aromatic nitrogens is 1. The van der Waals surface area contributed by atoms with Gasteiger partial charge in [0.15, 0.2) is 5.89 Å². The number of oxazole rings is 1. The van der Waals surface area contributed by atoms with Crippen molar-refractivity contribution in [3.8, 4) is 0 Å². The van der Waals surface area contributed by atoms with E-state index in [1.54, 1.807) is 0 Å². The maximum Gasteiger partial charge on any atom is 0.223 e. The second-order valence-corrected chi connectivity index (χ2v) is 6.51. The van der Waals surface area contributed by atoms with Crippen molar-refractivity contribution in [3.63, 3.8) is 0 Å². The van der Waals surface area contributed by atoms with Crippen molar-refractivity contribution in [2.24, 2.45) is 17.6 Å². The summed E-state index contributed by atoms with van der Waals surface area (Å²) in [6.07, 6.45) is 5.86. The molecule has 1 aromatic heterocycles. The number of amides is 1. The fraction of sp³-hybridized carbons (Fsp3) is 0.750. The Balaban J connectivity index is 1.44. The Morgan fingerprint density at radius 3 is 2.82 bits per heavy atom. The molecule has 6 heteroatoms. The quantitative estimate of drug-likeness (QED) is 0.891. The van der Waals surface area contributed by atoms with Gasteiger partial charge in [-0.25, -0.2) is 4.98 Å². The molecule has 6 nitrogen and oxygen atoms in total. The van der Waals surface area contributed by atoms with E-state index < -0.39 is 0 Å². The van der Waals surface area contributed by atoms with E-state index >= 15 is 0 Å². The molecule has 2 aliphatic rings. The van der Waals surface area contributed by atoms with Crippen molar-refractivity contribution in [3.05, 3.63) is 17.8 Å². The van der Waals surface area contributed by atoms with Gasteiger partial charge in [0, 0.05) is 13.5 Å². The molecule has 3 heterocycles. The zero-order valence-corrected chi connectivity index (χ0v) is 13.2. The third-order valence-electron chi connectivity index (χ3n) is 4.90. The molecule has 122 valence electrons. The molecule has 0 radical (unpaired) electrons. The number of nitrogens with zero attached hydrogens (tertiary/aromatic N) is 2. The van der Waals surface area contributed by atoms with Crippen LogP contribution in [-0.4, -0.2) is 41.6 Å². The number of piperidine rings is 1.